The highest BCUT2D eigenvalue weighted by atomic mass is 16.6. The van der Waals surface area contributed by atoms with E-state index in [9.17, 15) is 19.7 Å². The highest BCUT2D eigenvalue weighted by Gasteiger charge is 2.42. The van der Waals surface area contributed by atoms with Gasteiger partial charge in [-0.1, -0.05) is 24.3 Å². The van der Waals surface area contributed by atoms with Crippen molar-refractivity contribution in [3.05, 3.63) is 105 Å². The number of carbonyl (C=O) groups excluding carboxylic acids is 2. The molecule has 0 saturated carbocycles. The van der Waals surface area contributed by atoms with E-state index in [1.165, 1.54) is 29.2 Å². The molecule has 0 radical (unpaired) electrons. The van der Waals surface area contributed by atoms with Gasteiger partial charge in [0.2, 0.25) is 0 Å². The van der Waals surface area contributed by atoms with Gasteiger partial charge in [-0.2, -0.15) is 0 Å². The zero-order chi connectivity index (χ0) is 23.7. The van der Waals surface area contributed by atoms with Crippen molar-refractivity contribution >= 4 is 34.4 Å². The number of nitro benzene ring substituents is 1. The second-order valence-corrected chi connectivity index (χ2v) is 7.90. The van der Waals surface area contributed by atoms with Crippen molar-refractivity contribution in [2.45, 2.75) is 20.8 Å². The quantitative estimate of drug-likeness (QED) is 0.305. The maximum atomic E-state index is 13.8. The lowest BCUT2D eigenvalue weighted by atomic mass is 10.0. The number of nitro groups is 1. The first-order valence-electron chi connectivity index (χ1n) is 10.6. The van der Waals surface area contributed by atoms with Crippen molar-refractivity contribution in [3.63, 3.8) is 0 Å². The van der Waals surface area contributed by atoms with Crippen molar-refractivity contribution in [1.29, 1.82) is 0 Å². The number of para-hydroxylation sites is 1. The molecule has 1 aliphatic heterocycles. The molecule has 0 N–H and O–H groups in total. The van der Waals surface area contributed by atoms with Crippen molar-refractivity contribution in [3.8, 4) is 0 Å². The van der Waals surface area contributed by atoms with Crippen LogP contribution in [-0.4, -0.2) is 23.3 Å². The van der Waals surface area contributed by atoms with Crippen molar-refractivity contribution < 1.29 is 14.5 Å². The Morgan fingerprint density at radius 3 is 2.03 bits per heavy atom. The molecule has 3 aromatic rings. The van der Waals surface area contributed by atoms with Crippen LogP contribution < -0.4 is 9.80 Å². The van der Waals surface area contributed by atoms with E-state index in [4.69, 9.17) is 0 Å². The number of imide groups is 1. The van der Waals surface area contributed by atoms with Crippen molar-refractivity contribution in [1.82, 2.24) is 0 Å². The van der Waals surface area contributed by atoms with Crippen LogP contribution >= 0.6 is 0 Å². The van der Waals surface area contributed by atoms with Crippen LogP contribution in [0.3, 0.4) is 0 Å². The van der Waals surface area contributed by atoms with Gasteiger partial charge < -0.3 is 4.90 Å². The summed E-state index contributed by atoms with van der Waals surface area (Å²) in [6.45, 7) is 6.19. The number of amides is 2. The molecule has 0 aromatic heterocycles. The molecule has 2 amide bonds. The van der Waals surface area contributed by atoms with Gasteiger partial charge >= 0.3 is 0 Å². The highest BCUT2D eigenvalue weighted by molar-refractivity contribution is 6.46. The second-order valence-electron chi connectivity index (χ2n) is 7.90. The van der Waals surface area contributed by atoms with Crippen LogP contribution in [0.15, 0.2) is 78.5 Å². The van der Waals surface area contributed by atoms with E-state index in [1.54, 1.807) is 17.0 Å². The van der Waals surface area contributed by atoms with Crippen LogP contribution in [0.4, 0.5) is 17.1 Å². The molecule has 3 aromatic carbocycles. The molecule has 0 spiro atoms. The normalized spacial score (nSPS) is 13.6. The first-order valence-corrected chi connectivity index (χ1v) is 10.6. The minimum absolute atomic E-state index is 0.0840. The zero-order valence-corrected chi connectivity index (χ0v) is 18.6. The molecule has 33 heavy (non-hydrogen) atoms. The lowest BCUT2D eigenvalue weighted by Crippen LogP contribution is -2.35. The number of hydrogen-bond donors (Lipinski definition) is 0. The molecule has 1 heterocycles. The molecular weight excluding hydrogens is 418 g/mol. The molecule has 4 rings (SSSR count). The van der Waals surface area contributed by atoms with Gasteiger partial charge in [0.25, 0.3) is 17.5 Å². The number of carbonyl (C=O) groups is 2. The summed E-state index contributed by atoms with van der Waals surface area (Å²) < 4.78 is 0. The molecular formula is C26H23N3O4. The Balaban J connectivity index is 1.91. The highest BCUT2D eigenvalue weighted by Crippen LogP contribution is 2.37. The number of anilines is 2. The number of benzene rings is 3. The molecule has 1 aliphatic rings. The van der Waals surface area contributed by atoms with Gasteiger partial charge in [0.05, 0.1) is 16.2 Å². The standard InChI is InChI=1S/C26H23N3O4/c1-4-27(20-8-6-5-7-9-20)24-23(19-10-12-21(13-11-19)29(32)33)25(30)28(26(24)31)22-15-17(2)14-18(3)16-22/h5-16H,4H2,1-3H3. The zero-order valence-electron chi connectivity index (χ0n) is 18.6. The van der Waals surface area contributed by atoms with Crippen LogP contribution in [0, 0.1) is 24.0 Å². The summed E-state index contributed by atoms with van der Waals surface area (Å²) in [5.74, 6) is -0.882. The summed E-state index contributed by atoms with van der Waals surface area (Å²) in [6, 6.07) is 20.7. The van der Waals surface area contributed by atoms with Crippen LogP contribution in [0.25, 0.3) is 5.57 Å². The monoisotopic (exact) mass is 441 g/mol. The molecule has 0 saturated heterocycles. The van der Waals surface area contributed by atoms with E-state index in [0.29, 0.717) is 17.8 Å². The van der Waals surface area contributed by atoms with E-state index < -0.39 is 16.7 Å². The Labute approximate surface area is 191 Å². The third-order valence-electron chi connectivity index (χ3n) is 5.54. The van der Waals surface area contributed by atoms with Gasteiger partial charge in [0.1, 0.15) is 5.70 Å². The van der Waals surface area contributed by atoms with E-state index >= 15 is 0 Å². The molecule has 7 nitrogen and oxygen atoms in total. The minimum atomic E-state index is -0.495. The fourth-order valence-corrected chi connectivity index (χ4v) is 4.17. The average molecular weight is 441 g/mol. The molecule has 166 valence electrons. The predicted molar refractivity (Wildman–Crippen MR) is 128 cm³/mol. The Morgan fingerprint density at radius 1 is 0.879 bits per heavy atom. The summed E-state index contributed by atoms with van der Waals surface area (Å²) in [5.41, 5.74) is 3.99. The summed E-state index contributed by atoms with van der Waals surface area (Å²) in [5, 5.41) is 11.1. The molecule has 0 fully saturated rings. The Hall–Kier alpha value is -4.26. The summed E-state index contributed by atoms with van der Waals surface area (Å²) in [6.07, 6.45) is 0. The molecule has 0 atom stereocenters. The first kappa shape index (κ1) is 22.0. The third kappa shape index (κ3) is 4.01. The lowest BCUT2D eigenvalue weighted by molar-refractivity contribution is -0.384. The van der Waals surface area contributed by atoms with Gasteiger partial charge in [-0.25, -0.2) is 4.90 Å². The fourth-order valence-electron chi connectivity index (χ4n) is 4.17. The lowest BCUT2D eigenvalue weighted by Gasteiger charge is -2.25. The van der Waals surface area contributed by atoms with Gasteiger partial charge in [-0.05, 0) is 73.9 Å². The Kier molecular flexibility index (Phi) is 5.79. The predicted octanol–water partition coefficient (Wildman–Crippen LogP) is 5.02. The Morgan fingerprint density at radius 2 is 1.48 bits per heavy atom. The average Bonchev–Trinajstić information content (AvgIpc) is 3.04. The molecule has 0 aliphatic carbocycles. The van der Waals surface area contributed by atoms with Gasteiger partial charge in [-0.15, -0.1) is 0 Å². The van der Waals surface area contributed by atoms with Gasteiger partial charge in [-0.3, -0.25) is 19.7 Å². The van der Waals surface area contributed by atoms with Crippen molar-refractivity contribution in [2.75, 3.05) is 16.3 Å². The summed E-state index contributed by atoms with van der Waals surface area (Å²) in [4.78, 5) is 41.1. The first-order chi connectivity index (χ1) is 15.8. The maximum Gasteiger partial charge on any atom is 0.282 e. The molecule has 7 heteroatoms. The van der Waals surface area contributed by atoms with Crippen LogP contribution in [-0.2, 0) is 9.59 Å². The maximum absolute atomic E-state index is 13.8. The largest absolute Gasteiger partial charge is 0.337 e. The molecule has 0 unspecified atom stereocenters. The van der Waals surface area contributed by atoms with E-state index in [-0.39, 0.29) is 17.0 Å². The summed E-state index contributed by atoms with van der Waals surface area (Å²) in [7, 11) is 0. The topological polar surface area (TPSA) is 83.8 Å². The van der Waals surface area contributed by atoms with Gasteiger partial charge in [0.15, 0.2) is 0 Å². The number of likely N-dealkylation sites (N-methyl/N-ethyl adjacent to an activating group) is 1. The number of rotatable bonds is 6. The third-order valence-corrected chi connectivity index (χ3v) is 5.54. The smallest absolute Gasteiger partial charge is 0.282 e. The number of aryl methyl sites for hydroxylation is 2. The van der Waals surface area contributed by atoms with Crippen LogP contribution in [0.2, 0.25) is 0 Å². The summed E-state index contributed by atoms with van der Waals surface area (Å²) >= 11 is 0. The number of nitrogens with zero attached hydrogens (tertiary/aromatic N) is 3. The SMILES string of the molecule is CCN(C1=C(c2ccc([N+](=O)[O-])cc2)C(=O)N(c2cc(C)cc(C)c2)C1=O)c1ccccc1. The van der Waals surface area contributed by atoms with E-state index in [0.717, 1.165) is 16.8 Å². The molecule has 0 bridgehead atoms. The van der Waals surface area contributed by atoms with Crippen molar-refractivity contribution in [2.24, 2.45) is 0 Å². The van der Waals surface area contributed by atoms with Crippen LogP contribution in [0.5, 0.6) is 0 Å². The van der Waals surface area contributed by atoms with E-state index in [2.05, 4.69) is 0 Å². The van der Waals surface area contributed by atoms with Crippen LogP contribution in [0.1, 0.15) is 23.6 Å². The number of non-ortho nitro benzene ring substituents is 1. The number of hydrogen-bond acceptors (Lipinski definition) is 5. The fraction of sp³-hybridized carbons (Fsp3) is 0.154. The second kappa shape index (κ2) is 8.70. The van der Waals surface area contributed by atoms with E-state index in [1.807, 2.05) is 57.2 Å². The minimum Gasteiger partial charge on any atom is -0.337 e. The van der Waals surface area contributed by atoms with Gasteiger partial charge in [0, 0.05) is 24.4 Å². The Bertz CT molecular complexity index is 1260.